The summed E-state index contributed by atoms with van der Waals surface area (Å²) in [5.74, 6) is -1.27. The van der Waals surface area contributed by atoms with Gasteiger partial charge in [0.05, 0.1) is 5.69 Å². The highest BCUT2D eigenvalue weighted by atomic mass is 79.9. The van der Waals surface area contributed by atoms with E-state index >= 15 is 0 Å². The summed E-state index contributed by atoms with van der Waals surface area (Å²) < 4.78 is 14.0. The number of halogens is 2. The van der Waals surface area contributed by atoms with E-state index in [9.17, 15) is 14.0 Å². The van der Waals surface area contributed by atoms with Crippen LogP contribution in [0.25, 0.3) is 6.08 Å². The van der Waals surface area contributed by atoms with Gasteiger partial charge in [-0.05, 0) is 94.9 Å². The molecule has 0 aliphatic rings. The molecule has 0 spiro atoms. The molecule has 0 bridgehead atoms. The van der Waals surface area contributed by atoms with Crippen molar-refractivity contribution in [3.8, 4) is 0 Å². The number of anilines is 1. The molecule has 4 nitrogen and oxygen atoms in total. The molecule has 2 N–H and O–H groups in total. The molecule has 0 aliphatic carbocycles. The van der Waals surface area contributed by atoms with Crippen molar-refractivity contribution in [2.24, 2.45) is 0 Å². The summed E-state index contributed by atoms with van der Waals surface area (Å²) in [6.07, 6.45) is 4.67. The maximum Gasteiger partial charge on any atom is 0.272 e. The number of rotatable bonds is 8. The van der Waals surface area contributed by atoms with E-state index in [0.29, 0.717) is 16.8 Å². The second-order valence-electron chi connectivity index (χ2n) is 7.80. The molecule has 2 amide bonds. The predicted octanol–water partition coefficient (Wildman–Crippen LogP) is 6.65. The van der Waals surface area contributed by atoms with Crippen molar-refractivity contribution >= 4 is 39.5 Å². The Morgan fingerprint density at radius 1 is 1.00 bits per heavy atom. The molecule has 0 aliphatic heterocycles. The van der Waals surface area contributed by atoms with Crippen molar-refractivity contribution in [3.05, 3.63) is 105 Å². The summed E-state index contributed by atoms with van der Waals surface area (Å²) >= 11 is 3.45. The lowest BCUT2D eigenvalue weighted by Crippen LogP contribution is -2.30. The lowest BCUT2D eigenvalue weighted by atomic mass is 10.1. The normalized spacial score (nSPS) is 11.2. The summed E-state index contributed by atoms with van der Waals surface area (Å²) in [7, 11) is 0. The SMILES string of the molecule is CCCCc1ccc(C(=O)N/C(=C\c2ccc(F)cc2)C(=O)Nc2ccc(C)cc2Br)cc1. The fraction of sp³-hybridized carbons (Fsp3) is 0.185. The predicted molar refractivity (Wildman–Crippen MR) is 134 cm³/mol. The maximum absolute atomic E-state index is 13.3. The molecule has 0 radical (unpaired) electrons. The number of carbonyl (C=O) groups is 2. The quantitative estimate of drug-likeness (QED) is 0.334. The maximum atomic E-state index is 13.3. The molecule has 6 heteroatoms. The van der Waals surface area contributed by atoms with Gasteiger partial charge in [-0.1, -0.05) is 43.7 Å². The van der Waals surface area contributed by atoms with Crippen LogP contribution < -0.4 is 10.6 Å². The molecule has 0 atom stereocenters. The number of benzene rings is 3. The monoisotopic (exact) mass is 508 g/mol. The zero-order chi connectivity index (χ0) is 23.8. The largest absolute Gasteiger partial charge is 0.320 e. The minimum absolute atomic E-state index is 0.0501. The Morgan fingerprint density at radius 2 is 1.70 bits per heavy atom. The first-order valence-corrected chi connectivity index (χ1v) is 11.6. The standard InChI is InChI=1S/C27H26BrFN2O2/c1-3-4-5-19-7-11-21(12-8-19)26(32)31-25(17-20-9-13-22(29)14-10-20)27(33)30-24-15-6-18(2)16-23(24)28/h6-17H,3-5H2,1-2H3,(H,30,33)(H,31,32)/b25-17-. The summed E-state index contributed by atoms with van der Waals surface area (Å²) in [5.41, 5.74) is 3.86. The molecule has 3 rings (SSSR count). The summed E-state index contributed by atoms with van der Waals surface area (Å²) in [6, 6.07) is 18.6. The van der Waals surface area contributed by atoms with Crippen molar-refractivity contribution < 1.29 is 14.0 Å². The fourth-order valence-electron chi connectivity index (χ4n) is 3.19. The van der Waals surface area contributed by atoms with Crippen LogP contribution in [-0.4, -0.2) is 11.8 Å². The van der Waals surface area contributed by atoms with E-state index in [-0.39, 0.29) is 11.5 Å². The second kappa shape index (κ2) is 11.6. The summed E-state index contributed by atoms with van der Waals surface area (Å²) in [4.78, 5) is 26.0. The van der Waals surface area contributed by atoms with Crippen molar-refractivity contribution in [3.63, 3.8) is 0 Å². The molecule has 0 fully saturated rings. The first kappa shape index (κ1) is 24.4. The number of nitrogens with one attached hydrogen (secondary N) is 2. The minimum Gasteiger partial charge on any atom is -0.320 e. The zero-order valence-electron chi connectivity index (χ0n) is 18.6. The van der Waals surface area contributed by atoms with Gasteiger partial charge in [-0.2, -0.15) is 0 Å². The Balaban J connectivity index is 1.84. The highest BCUT2D eigenvalue weighted by Crippen LogP contribution is 2.24. The fourth-order valence-corrected chi connectivity index (χ4v) is 3.79. The summed E-state index contributed by atoms with van der Waals surface area (Å²) in [6.45, 7) is 4.08. The number of hydrogen-bond donors (Lipinski definition) is 2. The van der Waals surface area contributed by atoms with Gasteiger partial charge in [-0.25, -0.2) is 4.39 Å². The first-order chi connectivity index (χ1) is 15.9. The number of unbranched alkanes of at least 4 members (excludes halogenated alkanes) is 1. The molecule has 3 aromatic carbocycles. The Hall–Kier alpha value is -3.25. The molecule has 170 valence electrons. The van der Waals surface area contributed by atoms with E-state index in [0.717, 1.165) is 34.9 Å². The Kier molecular flexibility index (Phi) is 8.55. The zero-order valence-corrected chi connectivity index (χ0v) is 20.2. The van der Waals surface area contributed by atoms with E-state index in [4.69, 9.17) is 0 Å². The van der Waals surface area contributed by atoms with E-state index in [1.54, 1.807) is 30.3 Å². The Labute approximate surface area is 202 Å². The lowest BCUT2D eigenvalue weighted by molar-refractivity contribution is -0.113. The molecular weight excluding hydrogens is 483 g/mol. The molecule has 0 saturated carbocycles. The third-order valence-electron chi connectivity index (χ3n) is 5.08. The number of amides is 2. The molecular formula is C27H26BrFN2O2. The van der Waals surface area contributed by atoms with Crippen LogP contribution in [0.15, 0.2) is 76.9 Å². The van der Waals surface area contributed by atoms with Gasteiger partial charge in [-0.15, -0.1) is 0 Å². The Morgan fingerprint density at radius 3 is 2.33 bits per heavy atom. The van der Waals surface area contributed by atoms with Gasteiger partial charge in [0.25, 0.3) is 11.8 Å². The van der Waals surface area contributed by atoms with Crippen LogP contribution in [0.5, 0.6) is 0 Å². The van der Waals surface area contributed by atoms with Crippen molar-refractivity contribution in [2.75, 3.05) is 5.32 Å². The van der Waals surface area contributed by atoms with E-state index in [1.807, 2.05) is 31.2 Å². The second-order valence-corrected chi connectivity index (χ2v) is 8.66. The van der Waals surface area contributed by atoms with Gasteiger partial charge in [0.15, 0.2) is 0 Å². The van der Waals surface area contributed by atoms with Crippen molar-refractivity contribution in [1.29, 1.82) is 0 Å². The van der Waals surface area contributed by atoms with Crippen LogP contribution in [0, 0.1) is 12.7 Å². The van der Waals surface area contributed by atoms with Gasteiger partial charge in [-0.3, -0.25) is 9.59 Å². The van der Waals surface area contributed by atoms with Gasteiger partial charge in [0.1, 0.15) is 11.5 Å². The number of hydrogen-bond acceptors (Lipinski definition) is 2. The van der Waals surface area contributed by atoms with Crippen LogP contribution in [0.1, 0.15) is 46.8 Å². The molecule has 0 unspecified atom stereocenters. The van der Waals surface area contributed by atoms with Crippen molar-refractivity contribution in [2.45, 2.75) is 33.1 Å². The van der Waals surface area contributed by atoms with Gasteiger partial charge in [0, 0.05) is 10.0 Å². The van der Waals surface area contributed by atoms with Crippen LogP contribution in [0.4, 0.5) is 10.1 Å². The van der Waals surface area contributed by atoms with Crippen LogP contribution in [-0.2, 0) is 11.2 Å². The van der Waals surface area contributed by atoms with Crippen LogP contribution in [0.2, 0.25) is 0 Å². The highest BCUT2D eigenvalue weighted by molar-refractivity contribution is 9.10. The van der Waals surface area contributed by atoms with Gasteiger partial charge >= 0.3 is 0 Å². The van der Waals surface area contributed by atoms with E-state index < -0.39 is 11.8 Å². The smallest absolute Gasteiger partial charge is 0.272 e. The minimum atomic E-state index is -0.489. The third-order valence-corrected chi connectivity index (χ3v) is 5.74. The number of carbonyl (C=O) groups excluding carboxylic acids is 2. The van der Waals surface area contributed by atoms with E-state index in [1.165, 1.54) is 18.2 Å². The molecule has 33 heavy (non-hydrogen) atoms. The van der Waals surface area contributed by atoms with Crippen LogP contribution >= 0.6 is 15.9 Å². The van der Waals surface area contributed by atoms with Crippen molar-refractivity contribution in [1.82, 2.24) is 5.32 Å². The third kappa shape index (κ3) is 7.12. The van der Waals surface area contributed by atoms with Crippen LogP contribution in [0.3, 0.4) is 0 Å². The highest BCUT2D eigenvalue weighted by Gasteiger charge is 2.16. The molecule has 0 aromatic heterocycles. The van der Waals surface area contributed by atoms with Gasteiger partial charge in [0.2, 0.25) is 0 Å². The first-order valence-electron chi connectivity index (χ1n) is 10.8. The topological polar surface area (TPSA) is 58.2 Å². The van der Waals surface area contributed by atoms with Gasteiger partial charge < -0.3 is 10.6 Å². The molecule has 0 heterocycles. The van der Waals surface area contributed by atoms with E-state index in [2.05, 4.69) is 33.5 Å². The average molecular weight is 509 g/mol. The number of aryl methyl sites for hydroxylation is 2. The summed E-state index contributed by atoms with van der Waals surface area (Å²) in [5, 5.41) is 5.53. The molecule has 3 aromatic rings. The lowest BCUT2D eigenvalue weighted by Gasteiger charge is -2.13. The average Bonchev–Trinajstić information content (AvgIpc) is 2.80. The molecule has 0 saturated heterocycles. The Bertz CT molecular complexity index is 1160.